The quantitative estimate of drug-likeness (QED) is 0.857. The normalized spacial score (nSPS) is 11.9. The highest BCUT2D eigenvalue weighted by Gasteiger charge is 2.15. The van der Waals surface area contributed by atoms with Crippen molar-refractivity contribution in [3.63, 3.8) is 0 Å². The second-order valence-electron chi connectivity index (χ2n) is 4.92. The summed E-state index contributed by atoms with van der Waals surface area (Å²) in [5.74, 6) is -1.79. The molecule has 1 unspecified atom stereocenters. The number of hydrogen-bond donors (Lipinski definition) is 2. The molecule has 0 spiro atoms. The lowest BCUT2D eigenvalue weighted by molar-refractivity contribution is -0.137. The molecule has 0 saturated heterocycles. The van der Waals surface area contributed by atoms with Crippen molar-refractivity contribution in [3.05, 3.63) is 41.2 Å². The largest absolute Gasteiger partial charge is 0.481 e. The topological polar surface area (TPSA) is 79.3 Å². The van der Waals surface area contributed by atoms with Crippen LogP contribution in [-0.2, 0) is 4.79 Å². The van der Waals surface area contributed by atoms with Gasteiger partial charge in [-0.25, -0.2) is 9.37 Å². The van der Waals surface area contributed by atoms with E-state index < -0.39 is 5.97 Å². The summed E-state index contributed by atoms with van der Waals surface area (Å²) >= 11 is 1.09. The third-order valence-electron chi connectivity index (χ3n) is 2.97. The molecule has 0 bridgehead atoms. The van der Waals surface area contributed by atoms with Gasteiger partial charge in [0.2, 0.25) is 0 Å². The minimum atomic E-state index is -0.902. The maximum atomic E-state index is 13.7. The fourth-order valence-electron chi connectivity index (χ4n) is 1.86. The number of thiazole rings is 1. The first-order valence-corrected chi connectivity index (χ1v) is 7.49. The third-order valence-corrected chi connectivity index (χ3v) is 4.00. The van der Waals surface area contributed by atoms with Crippen molar-refractivity contribution < 1.29 is 19.1 Å². The molecule has 1 aromatic heterocycles. The maximum Gasteiger partial charge on any atom is 0.303 e. The van der Waals surface area contributed by atoms with Gasteiger partial charge in [0.1, 0.15) is 15.7 Å². The number of carbonyl (C=O) groups is 2. The summed E-state index contributed by atoms with van der Waals surface area (Å²) < 4.78 is 13.7. The van der Waals surface area contributed by atoms with Gasteiger partial charge in [-0.2, -0.15) is 0 Å². The Morgan fingerprint density at radius 1 is 1.41 bits per heavy atom. The predicted octanol–water partition coefficient (Wildman–Crippen LogP) is 2.79. The number of nitrogens with one attached hydrogen (secondary N) is 1. The number of amides is 1. The molecule has 116 valence electrons. The highest BCUT2D eigenvalue weighted by Crippen LogP contribution is 2.27. The van der Waals surface area contributed by atoms with Gasteiger partial charge in [0.15, 0.2) is 0 Å². The second-order valence-corrected chi connectivity index (χ2v) is 5.95. The van der Waals surface area contributed by atoms with Crippen LogP contribution in [-0.4, -0.2) is 28.5 Å². The van der Waals surface area contributed by atoms with E-state index in [2.05, 4.69) is 10.3 Å². The number of benzene rings is 1. The minimum Gasteiger partial charge on any atom is -0.481 e. The molecule has 2 aromatic rings. The number of aliphatic carboxylic acids is 1. The van der Waals surface area contributed by atoms with Crippen molar-refractivity contribution in [2.75, 3.05) is 6.54 Å². The number of nitrogens with zero attached hydrogens (tertiary/aromatic N) is 1. The highest BCUT2D eigenvalue weighted by molar-refractivity contribution is 7.16. The summed E-state index contributed by atoms with van der Waals surface area (Å²) in [5, 5.41) is 11.8. The average Bonchev–Trinajstić information content (AvgIpc) is 2.94. The van der Waals surface area contributed by atoms with E-state index in [1.165, 1.54) is 12.3 Å². The maximum absolute atomic E-state index is 13.7. The zero-order valence-corrected chi connectivity index (χ0v) is 12.7. The molecule has 22 heavy (non-hydrogen) atoms. The summed E-state index contributed by atoms with van der Waals surface area (Å²) in [5.41, 5.74) is 0.353. The monoisotopic (exact) mass is 322 g/mol. The van der Waals surface area contributed by atoms with Crippen molar-refractivity contribution in [2.45, 2.75) is 13.3 Å². The van der Waals surface area contributed by atoms with Gasteiger partial charge in [-0.15, -0.1) is 11.3 Å². The van der Waals surface area contributed by atoms with Gasteiger partial charge in [0, 0.05) is 18.5 Å². The number of halogens is 1. The molecule has 1 aromatic carbocycles. The van der Waals surface area contributed by atoms with Crippen LogP contribution in [0.15, 0.2) is 30.5 Å². The molecular formula is C15H15FN2O3S. The van der Waals surface area contributed by atoms with E-state index in [-0.39, 0.29) is 30.6 Å². The Balaban J connectivity index is 2.01. The van der Waals surface area contributed by atoms with Crippen LogP contribution in [0, 0.1) is 11.7 Å². The van der Waals surface area contributed by atoms with Gasteiger partial charge < -0.3 is 10.4 Å². The Bertz CT molecular complexity index is 687. The number of carboxylic acids is 1. The molecule has 0 radical (unpaired) electrons. The lowest BCUT2D eigenvalue weighted by Gasteiger charge is -2.09. The van der Waals surface area contributed by atoms with E-state index in [1.807, 2.05) is 0 Å². The first kappa shape index (κ1) is 16.1. The van der Waals surface area contributed by atoms with Crippen molar-refractivity contribution in [1.29, 1.82) is 0 Å². The third kappa shape index (κ3) is 4.11. The summed E-state index contributed by atoms with van der Waals surface area (Å²) in [7, 11) is 0. The Hall–Kier alpha value is -2.28. The van der Waals surface area contributed by atoms with E-state index in [0.29, 0.717) is 15.4 Å². The molecule has 5 nitrogen and oxygen atoms in total. The molecule has 1 amide bonds. The Labute approximate surface area is 130 Å². The van der Waals surface area contributed by atoms with Crippen LogP contribution >= 0.6 is 11.3 Å². The zero-order chi connectivity index (χ0) is 16.1. The summed E-state index contributed by atoms with van der Waals surface area (Å²) in [4.78, 5) is 27.0. The van der Waals surface area contributed by atoms with Crippen LogP contribution in [0.4, 0.5) is 4.39 Å². The van der Waals surface area contributed by atoms with Gasteiger partial charge in [-0.3, -0.25) is 9.59 Å². The average molecular weight is 322 g/mol. The van der Waals surface area contributed by atoms with Crippen molar-refractivity contribution in [1.82, 2.24) is 10.3 Å². The standard InChI is InChI=1S/C15H15FN2O3S/c1-9(6-13(19)20)7-17-14(21)12-8-18-15(22-12)10-4-2-3-5-11(10)16/h2-5,8-9H,6-7H2,1H3,(H,17,21)(H,19,20). The number of hydrogen-bond acceptors (Lipinski definition) is 4. The molecule has 2 rings (SSSR count). The number of aromatic nitrogens is 1. The van der Waals surface area contributed by atoms with Crippen molar-refractivity contribution in [3.8, 4) is 10.6 Å². The predicted molar refractivity (Wildman–Crippen MR) is 81.3 cm³/mol. The fraction of sp³-hybridized carbons (Fsp3) is 0.267. The van der Waals surface area contributed by atoms with E-state index >= 15 is 0 Å². The van der Waals surface area contributed by atoms with Gasteiger partial charge in [-0.1, -0.05) is 19.1 Å². The molecule has 1 atom stereocenters. The van der Waals surface area contributed by atoms with Crippen LogP contribution in [0.2, 0.25) is 0 Å². The van der Waals surface area contributed by atoms with Crippen LogP contribution in [0.25, 0.3) is 10.6 Å². The smallest absolute Gasteiger partial charge is 0.303 e. The summed E-state index contributed by atoms with van der Waals surface area (Å²) in [6.07, 6.45) is 1.38. The summed E-state index contributed by atoms with van der Waals surface area (Å²) in [6.45, 7) is 2.00. The number of carboxylic acid groups (broad SMARTS) is 1. The fourth-order valence-corrected chi connectivity index (χ4v) is 2.72. The molecule has 0 aliphatic heterocycles. The van der Waals surface area contributed by atoms with Gasteiger partial charge in [0.05, 0.1) is 6.20 Å². The Morgan fingerprint density at radius 3 is 2.82 bits per heavy atom. The van der Waals surface area contributed by atoms with Gasteiger partial charge >= 0.3 is 5.97 Å². The van der Waals surface area contributed by atoms with Crippen LogP contribution in [0.3, 0.4) is 0 Å². The first-order chi connectivity index (χ1) is 10.5. The van der Waals surface area contributed by atoms with E-state index in [4.69, 9.17) is 5.11 Å². The first-order valence-electron chi connectivity index (χ1n) is 6.68. The van der Waals surface area contributed by atoms with Crippen LogP contribution in [0.1, 0.15) is 23.0 Å². The summed E-state index contributed by atoms with van der Waals surface area (Å²) in [6, 6.07) is 6.23. The van der Waals surface area contributed by atoms with E-state index in [1.54, 1.807) is 25.1 Å². The highest BCUT2D eigenvalue weighted by atomic mass is 32.1. The number of carbonyl (C=O) groups excluding carboxylic acids is 1. The Kier molecular flexibility index (Phi) is 5.21. The van der Waals surface area contributed by atoms with E-state index in [0.717, 1.165) is 11.3 Å². The SMILES string of the molecule is CC(CNC(=O)c1cnc(-c2ccccc2F)s1)CC(=O)O. The lowest BCUT2D eigenvalue weighted by atomic mass is 10.1. The van der Waals surface area contributed by atoms with Crippen LogP contribution < -0.4 is 5.32 Å². The molecule has 7 heteroatoms. The molecule has 0 fully saturated rings. The van der Waals surface area contributed by atoms with Crippen LogP contribution in [0.5, 0.6) is 0 Å². The molecule has 2 N–H and O–H groups in total. The van der Waals surface area contributed by atoms with Crippen molar-refractivity contribution >= 4 is 23.2 Å². The van der Waals surface area contributed by atoms with E-state index in [9.17, 15) is 14.0 Å². The van der Waals surface area contributed by atoms with Crippen molar-refractivity contribution in [2.24, 2.45) is 5.92 Å². The number of rotatable bonds is 6. The molecule has 0 saturated carbocycles. The van der Waals surface area contributed by atoms with Gasteiger partial charge in [-0.05, 0) is 18.1 Å². The molecule has 0 aliphatic rings. The van der Waals surface area contributed by atoms with Gasteiger partial charge in [0.25, 0.3) is 5.91 Å². The Morgan fingerprint density at radius 2 is 2.14 bits per heavy atom. The molecule has 0 aliphatic carbocycles. The second kappa shape index (κ2) is 7.13. The molecular weight excluding hydrogens is 307 g/mol. The lowest BCUT2D eigenvalue weighted by Crippen LogP contribution is -2.28. The molecule has 1 heterocycles. The zero-order valence-electron chi connectivity index (χ0n) is 11.9. The minimum absolute atomic E-state index is 0.0105.